The van der Waals surface area contributed by atoms with Gasteiger partial charge in [0.2, 0.25) is 0 Å². The SMILES string of the molecule is Cc1cc(Nc2ccc(NC(=O)c3ccc(Nc4ccnc5ccc(CO)cc45)cc3)cc2)ccn1. The first-order chi connectivity index (χ1) is 17.6. The number of aliphatic hydroxyl groups is 1. The second-order valence-electron chi connectivity index (χ2n) is 8.41. The highest BCUT2D eigenvalue weighted by atomic mass is 16.3. The number of carbonyl (C=O) groups is 1. The van der Waals surface area contributed by atoms with Gasteiger partial charge in [0.15, 0.2) is 0 Å². The van der Waals surface area contributed by atoms with E-state index in [1.54, 1.807) is 24.5 Å². The number of pyridine rings is 2. The Morgan fingerprint density at radius 2 is 1.44 bits per heavy atom. The zero-order valence-corrected chi connectivity index (χ0v) is 19.7. The molecular weight excluding hydrogens is 450 g/mol. The lowest BCUT2D eigenvalue weighted by atomic mass is 10.1. The Kier molecular flexibility index (Phi) is 6.55. The van der Waals surface area contributed by atoms with E-state index in [9.17, 15) is 9.90 Å². The summed E-state index contributed by atoms with van der Waals surface area (Å²) in [6.07, 6.45) is 3.50. The fourth-order valence-corrected chi connectivity index (χ4v) is 3.89. The minimum atomic E-state index is -0.186. The van der Waals surface area contributed by atoms with Crippen molar-refractivity contribution in [3.8, 4) is 0 Å². The van der Waals surface area contributed by atoms with Crippen LogP contribution in [0.4, 0.5) is 28.4 Å². The quantitative estimate of drug-likeness (QED) is 0.225. The van der Waals surface area contributed by atoms with Crippen LogP contribution in [-0.4, -0.2) is 21.0 Å². The molecule has 36 heavy (non-hydrogen) atoms. The van der Waals surface area contributed by atoms with Crippen LogP contribution in [-0.2, 0) is 6.61 Å². The van der Waals surface area contributed by atoms with Crippen molar-refractivity contribution >= 4 is 45.2 Å². The molecule has 0 saturated carbocycles. The summed E-state index contributed by atoms with van der Waals surface area (Å²) in [4.78, 5) is 21.3. The van der Waals surface area contributed by atoms with Gasteiger partial charge in [0.05, 0.1) is 12.1 Å². The zero-order valence-electron chi connectivity index (χ0n) is 19.7. The van der Waals surface area contributed by atoms with Crippen molar-refractivity contribution in [1.82, 2.24) is 9.97 Å². The highest BCUT2D eigenvalue weighted by Gasteiger charge is 2.08. The molecule has 5 rings (SSSR count). The molecule has 0 unspecified atom stereocenters. The smallest absolute Gasteiger partial charge is 0.255 e. The molecule has 4 N–H and O–H groups in total. The monoisotopic (exact) mass is 475 g/mol. The summed E-state index contributed by atoms with van der Waals surface area (Å²) in [6, 6.07) is 26.3. The van der Waals surface area contributed by atoms with Crippen molar-refractivity contribution in [2.45, 2.75) is 13.5 Å². The number of nitrogens with one attached hydrogen (secondary N) is 3. The number of carbonyl (C=O) groups excluding carboxylic acids is 1. The van der Waals surface area contributed by atoms with Crippen LogP contribution in [0.1, 0.15) is 21.6 Å². The molecule has 0 aliphatic rings. The third kappa shape index (κ3) is 5.32. The summed E-state index contributed by atoms with van der Waals surface area (Å²) < 4.78 is 0. The third-order valence-electron chi connectivity index (χ3n) is 5.74. The summed E-state index contributed by atoms with van der Waals surface area (Å²) in [5.41, 5.74) is 7.46. The van der Waals surface area contributed by atoms with Crippen LogP contribution < -0.4 is 16.0 Å². The molecule has 0 spiro atoms. The lowest BCUT2D eigenvalue weighted by Gasteiger charge is -2.11. The van der Waals surface area contributed by atoms with Crippen molar-refractivity contribution in [1.29, 1.82) is 0 Å². The van der Waals surface area contributed by atoms with Crippen LogP contribution in [0.2, 0.25) is 0 Å². The van der Waals surface area contributed by atoms with Crippen LogP contribution in [0, 0.1) is 6.92 Å². The van der Waals surface area contributed by atoms with Gasteiger partial charge in [-0.25, -0.2) is 0 Å². The van der Waals surface area contributed by atoms with Crippen LogP contribution in [0.3, 0.4) is 0 Å². The maximum Gasteiger partial charge on any atom is 0.255 e. The Hall–Kier alpha value is -4.75. The average Bonchev–Trinajstić information content (AvgIpc) is 2.90. The van der Waals surface area contributed by atoms with E-state index in [2.05, 4.69) is 25.9 Å². The topological polar surface area (TPSA) is 99.2 Å². The Labute approximate surface area is 208 Å². The standard InChI is InChI=1S/C29H25N5O2/c1-19-16-25(12-14-30-19)32-22-7-9-24(10-8-22)34-29(36)21-3-5-23(6-4-21)33-28-13-15-31-27-11-2-20(18-35)17-26(27)28/h2-17,35H,18H2,1H3,(H,30,32)(H,31,33)(H,34,36). The molecule has 2 aromatic heterocycles. The number of amides is 1. The van der Waals surface area contributed by atoms with Gasteiger partial charge >= 0.3 is 0 Å². The van der Waals surface area contributed by atoms with E-state index in [1.165, 1.54) is 0 Å². The predicted octanol–water partition coefficient (Wildman–Crippen LogP) is 6.17. The minimum absolute atomic E-state index is 0.0300. The third-order valence-corrected chi connectivity index (χ3v) is 5.74. The Morgan fingerprint density at radius 3 is 2.19 bits per heavy atom. The van der Waals surface area contributed by atoms with Crippen molar-refractivity contribution in [3.05, 3.63) is 114 Å². The molecule has 5 aromatic rings. The minimum Gasteiger partial charge on any atom is -0.392 e. The maximum absolute atomic E-state index is 12.8. The molecule has 0 atom stereocenters. The molecule has 0 bridgehead atoms. The van der Waals surface area contributed by atoms with E-state index in [1.807, 2.05) is 79.7 Å². The lowest BCUT2D eigenvalue weighted by molar-refractivity contribution is 0.102. The van der Waals surface area contributed by atoms with Crippen molar-refractivity contribution < 1.29 is 9.90 Å². The second-order valence-corrected chi connectivity index (χ2v) is 8.41. The van der Waals surface area contributed by atoms with Gasteiger partial charge in [-0.2, -0.15) is 0 Å². The van der Waals surface area contributed by atoms with Crippen molar-refractivity contribution in [2.24, 2.45) is 0 Å². The first-order valence-electron chi connectivity index (χ1n) is 11.5. The highest BCUT2D eigenvalue weighted by Crippen LogP contribution is 2.26. The van der Waals surface area contributed by atoms with Gasteiger partial charge in [0.25, 0.3) is 5.91 Å². The first-order valence-corrected chi connectivity index (χ1v) is 11.5. The Morgan fingerprint density at radius 1 is 0.750 bits per heavy atom. The summed E-state index contributed by atoms with van der Waals surface area (Å²) in [6.45, 7) is 1.92. The van der Waals surface area contributed by atoms with E-state index >= 15 is 0 Å². The molecule has 0 radical (unpaired) electrons. The summed E-state index contributed by atoms with van der Waals surface area (Å²) in [5, 5.41) is 20.0. The van der Waals surface area contributed by atoms with Gasteiger partial charge < -0.3 is 21.1 Å². The molecular formula is C29H25N5O2. The van der Waals surface area contributed by atoms with Gasteiger partial charge in [0, 0.05) is 57.5 Å². The first kappa shape index (κ1) is 23.0. The normalized spacial score (nSPS) is 10.7. The van der Waals surface area contributed by atoms with Crippen LogP contribution in [0.5, 0.6) is 0 Å². The Bertz CT molecular complexity index is 1520. The number of aromatic nitrogens is 2. The molecule has 0 fully saturated rings. The predicted molar refractivity (Wildman–Crippen MR) is 144 cm³/mol. The molecule has 0 saturated heterocycles. The maximum atomic E-state index is 12.8. The fourth-order valence-electron chi connectivity index (χ4n) is 3.89. The molecule has 7 heteroatoms. The number of aliphatic hydroxyl groups excluding tert-OH is 1. The average molecular weight is 476 g/mol. The van der Waals surface area contributed by atoms with Gasteiger partial charge in [-0.1, -0.05) is 6.07 Å². The molecule has 1 amide bonds. The summed E-state index contributed by atoms with van der Waals surface area (Å²) in [5.74, 6) is -0.186. The largest absolute Gasteiger partial charge is 0.392 e. The van der Waals surface area contributed by atoms with Crippen LogP contribution in [0.25, 0.3) is 10.9 Å². The lowest BCUT2D eigenvalue weighted by Crippen LogP contribution is -2.11. The number of nitrogens with zero attached hydrogens (tertiary/aromatic N) is 2. The van der Waals surface area contributed by atoms with E-state index in [-0.39, 0.29) is 12.5 Å². The zero-order chi connectivity index (χ0) is 24.9. The number of aryl methyl sites for hydroxylation is 1. The van der Waals surface area contributed by atoms with Gasteiger partial charge in [-0.3, -0.25) is 14.8 Å². The highest BCUT2D eigenvalue weighted by molar-refractivity contribution is 6.04. The van der Waals surface area contributed by atoms with Gasteiger partial charge in [-0.05, 0) is 91.3 Å². The van der Waals surface area contributed by atoms with Gasteiger partial charge in [-0.15, -0.1) is 0 Å². The molecule has 0 aliphatic carbocycles. The second kappa shape index (κ2) is 10.2. The number of hydrogen-bond acceptors (Lipinski definition) is 6. The number of hydrogen-bond donors (Lipinski definition) is 4. The molecule has 0 aliphatic heterocycles. The van der Waals surface area contributed by atoms with E-state index in [0.717, 1.165) is 44.9 Å². The van der Waals surface area contributed by atoms with E-state index < -0.39 is 0 Å². The summed E-state index contributed by atoms with van der Waals surface area (Å²) in [7, 11) is 0. The fraction of sp³-hybridized carbons (Fsp3) is 0.0690. The van der Waals surface area contributed by atoms with Crippen molar-refractivity contribution in [3.63, 3.8) is 0 Å². The van der Waals surface area contributed by atoms with Crippen molar-refractivity contribution in [2.75, 3.05) is 16.0 Å². The number of anilines is 5. The van der Waals surface area contributed by atoms with Crippen LogP contribution in [0.15, 0.2) is 97.3 Å². The number of benzene rings is 3. The van der Waals surface area contributed by atoms with Crippen LogP contribution >= 0.6 is 0 Å². The summed E-state index contributed by atoms with van der Waals surface area (Å²) >= 11 is 0. The molecule has 3 aromatic carbocycles. The van der Waals surface area contributed by atoms with Gasteiger partial charge in [0.1, 0.15) is 0 Å². The molecule has 178 valence electrons. The number of fused-ring (bicyclic) bond motifs is 1. The Balaban J connectivity index is 1.24. The number of rotatable bonds is 7. The molecule has 2 heterocycles. The van der Waals surface area contributed by atoms with E-state index in [4.69, 9.17) is 0 Å². The molecule has 7 nitrogen and oxygen atoms in total. The van der Waals surface area contributed by atoms with E-state index in [0.29, 0.717) is 11.3 Å².